The molecular formula is C11H23NOS. The van der Waals surface area contributed by atoms with Crippen molar-refractivity contribution in [1.29, 1.82) is 0 Å². The Labute approximate surface area is 92.5 Å². The van der Waals surface area contributed by atoms with Gasteiger partial charge in [0.2, 0.25) is 0 Å². The Morgan fingerprint density at radius 3 is 2.79 bits per heavy atom. The zero-order valence-electron chi connectivity index (χ0n) is 9.64. The average molecular weight is 217 g/mol. The van der Waals surface area contributed by atoms with E-state index in [1.165, 1.54) is 5.57 Å². The van der Waals surface area contributed by atoms with Crippen molar-refractivity contribution in [3.63, 3.8) is 0 Å². The fraction of sp³-hybridized carbons (Fsp3) is 0.818. The molecule has 0 atom stereocenters. The predicted molar refractivity (Wildman–Crippen MR) is 66.1 cm³/mol. The third-order valence-electron chi connectivity index (χ3n) is 1.70. The van der Waals surface area contributed by atoms with Crippen LogP contribution in [-0.4, -0.2) is 37.8 Å². The molecule has 0 aliphatic rings. The maximum Gasteiger partial charge on any atom is 0.0470 e. The molecule has 2 nitrogen and oxygen atoms in total. The van der Waals surface area contributed by atoms with Crippen LogP contribution in [-0.2, 0) is 4.74 Å². The van der Waals surface area contributed by atoms with Gasteiger partial charge in [-0.3, -0.25) is 0 Å². The summed E-state index contributed by atoms with van der Waals surface area (Å²) in [5.74, 6) is 2.22. The second-order valence-electron chi connectivity index (χ2n) is 3.68. The maximum atomic E-state index is 4.98. The fourth-order valence-electron chi connectivity index (χ4n) is 0.921. The van der Waals surface area contributed by atoms with Gasteiger partial charge in [-0.25, -0.2) is 0 Å². The summed E-state index contributed by atoms with van der Waals surface area (Å²) in [7, 11) is 1.75. The summed E-state index contributed by atoms with van der Waals surface area (Å²) in [5, 5.41) is 3.36. The normalized spacial score (nSPS) is 10.9. The smallest absolute Gasteiger partial charge is 0.0470 e. The molecular weight excluding hydrogens is 194 g/mol. The Morgan fingerprint density at radius 2 is 2.21 bits per heavy atom. The van der Waals surface area contributed by atoms with E-state index < -0.39 is 0 Å². The van der Waals surface area contributed by atoms with E-state index in [4.69, 9.17) is 4.74 Å². The Hall–Kier alpha value is 0.01000. The van der Waals surface area contributed by atoms with E-state index >= 15 is 0 Å². The topological polar surface area (TPSA) is 21.3 Å². The number of hydrogen-bond donors (Lipinski definition) is 1. The molecule has 3 heteroatoms. The van der Waals surface area contributed by atoms with Crippen LogP contribution in [0.1, 0.15) is 20.3 Å². The van der Waals surface area contributed by atoms with Crippen molar-refractivity contribution < 1.29 is 4.74 Å². The number of nitrogens with one attached hydrogen (secondary N) is 1. The minimum absolute atomic E-state index is 0.547. The van der Waals surface area contributed by atoms with Gasteiger partial charge in [0.05, 0.1) is 0 Å². The van der Waals surface area contributed by atoms with Gasteiger partial charge in [0.25, 0.3) is 0 Å². The van der Waals surface area contributed by atoms with Crippen LogP contribution in [0.3, 0.4) is 0 Å². The predicted octanol–water partition coefficient (Wildman–Crippen LogP) is 2.31. The highest BCUT2D eigenvalue weighted by Crippen LogP contribution is 2.07. The van der Waals surface area contributed by atoms with Crippen LogP contribution in [0.2, 0.25) is 0 Å². The highest BCUT2D eigenvalue weighted by atomic mass is 32.2. The van der Waals surface area contributed by atoms with Crippen molar-refractivity contribution in [1.82, 2.24) is 5.32 Å². The summed E-state index contributed by atoms with van der Waals surface area (Å²) in [6, 6.07) is 0.547. The van der Waals surface area contributed by atoms with Gasteiger partial charge in [-0.1, -0.05) is 26.0 Å². The van der Waals surface area contributed by atoms with Gasteiger partial charge in [0, 0.05) is 32.1 Å². The summed E-state index contributed by atoms with van der Waals surface area (Å²) < 4.78 is 4.98. The van der Waals surface area contributed by atoms with Crippen LogP contribution < -0.4 is 5.32 Å². The zero-order chi connectivity index (χ0) is 10.8. The molecule has 0 bridgehead atoms. The molecule has 0 aliphatic heterocycles. The van der Waals surface area contributed by atoms with Crippen molar-refractivity contribution in [2.75, 3.05) is 31.8 Å². The minimum Gasteiger partial charge on any atom is -0.385 e. The molecule has 0 aliphatic carbocycles. The molecule has 0 radical (unpaired) electrons. The van der Waals surface area contributed by atoms with Crippen LogP contribution in [0.4, 0.5) is 0 Å². The highest BCUT2D eigenvalue weighted by molar-refractivity contribution is 7.99. The molecule has 84 valence electrons. The number of rotatable bonds is 9. The molecule has 0 amide bonds. The third kappa shape index (κ3) is 10.1. The molecule has 0 spiro atoms. The van der Waals surface area contributed by atoms with Crippen molar-refractivity contribution in [3.8, 4) is 0 Å². The number of hydrogen-bond acceptors (Lipinski definition) is 3. The summed E-state index contributed by atoms with van der Waals surface area (Å²) in [5.41, 5.74) is 1.28. The van der Waals surface area contributed by atoms with Gasteiger partial charge >= 0.3 is 0 Å². The molecule has 0 heterocycles. The number of ether oxygens (including phenoxy) is 1. The van der Waals surface area contributed by atoms with Gasteiger partial charge < -0.3 is 10.1 Å². The van der Waals surface area contributed by atoms with E-state index in [2.05, 4.69) is 25.7 Å². The second kappa shape index (κ2) is 9.56. The van der Waals surface area contributed by atoms with Crippen LogP contribution >= 0.6 is 11.8 Å². The largest absolute Gasteiger partial charge is 0.385 e. The first kappa shape index (κ1) is 14.0. The summed E-state index contributed by atoms with van der Waals surface area (Å²) in [6.07, 6.45) is 1.13. The summed E-state index contributed by atoms with van der Waals surface area (Å²) in [4.78, 5) is 0. The molecule has 0 aromatic carbocycles. The monoisotopic (exact) mass is 217 g/mol. The Bertz CT molecular complexity index is 148. The Kier molecular flexibility index (Phi) is 9.57. The van der Waals surface area contributed by atoms with Gasteiger partial charge in [-0.05, 0) is 12.2 Å². The molecule has 0 aromatic rings. The third-order valence-corrected chi connectivity index (χ3v) is 2.89. The molecule has 1 N–H and O–H groups in total. The Morgan fingerprint density at radius 1 is 1.50 bits per heavy atom. The first-order chi connectivity index (χ1) is 6.66. The molecule has 0 rings (SSSR count). The van der Waals surface area contributed by atoms with E-state index in [0.717, 1.165) is 31.1 Å². The lowest BCUT2D eigenvalue weighted by molar-refractivity contribution is 0.200. The quantitative estimate of drug-likeness (QED) is 0.473. The molecule has 14 heavy (non-hydrogen) atoms. The molecule has 0 aromatic heterocycles. The van der Waals surface area contributed by atoms with E-state index in [1.807, 2.05) is 11.8 Å². The van der Waals surface area contributed by atoms with E-state index in [0.29, 0.717) is 6.04 Å². The van der Waals surface area contributed by atoms with Crippen molar-refractivity contribution in [2.45, 2.75) is 26.3 Å². The van der Waals surface area contributed by atoms with Crippen molar-refractivity contribution in [3.05, 3.63) is 12.2 Å². The van der Waals surface area contributed by atoms with Crippen LogP contribution in [0.15, 0.2) is 12.2 Å². The first-order valence-corrected chi connectivity index (χ1v) is 6.29. The molecule has 0 saturated heterocycles. The second-order valence-corrected chi connectivity index (χ2v) is 4.79. The van der Waals surface area contributed by atoms with E-state index in [9.17, 15) is 0 Å². The highest BCUT2D eigenvalue weighted by Gasteiger charge is 1.97. The van der Waals surface area contributed by atoms with Crippen molar-refractivity contribution in [2.24, 2.45) is 0 Å². The van der Waals surface area contributed by atoms with Crippen LogP contribution in [0, 0.1) is 0 Å². The average Bonchev–Trinajstić information content (AvgIpc) is 2.14. The van der Waals surface area contributed by atoms with E-state index in [-0.39, 0.29) is 0 Å². The Balaban J connectivity index is 3.18. The lowest BCUT2D eigenvalue weighted by atomic mass is 10.3. The lowest BCUT2D eigenvalue weighted by Gasteiger charge is -2.10. The standard InChI is InChI=1S/C11H23NOS/c1-10(2)12-8-11(3)9-14-7-5-6-13-4/h10,12H,3,5-9H2,1-2,4H3. The summed E-state index contributed by atoms with van der Waals surface area (Å²) >= 11 is 1.93. The summed E-state index contributed by atoms with van der Waals surface area (Å²) in [6.45, 7) is 10.1. The van der Waals surface area contributed by atoms with Crippen LogP contribution in [0.25, 0.3) is 0 Å². The number of methoxy groups -OCH3 is 1. The number of thioether (sulfide) groups is 1. The molecule has 0 saturated carbocycles. The van der Waals surface area contributed by atoms with Gasteiger partial charge in [0.15, 0.2) is 0 Å². The zero-order valence-corrected chi connectivity index (χ0v) is 10.5. The molecule has 0 fully saturated rings. The lowest BCUT2D eigenvalue weighted by Crippen LogP contribution is -2.25. The molecule has 0 unspecified atom stereocenters. The fourth-order valence-corrected chi connectivity index (χ4v) is 1.78. The van der Waals surface area contributed by atoms with Gasteiger partial charge in [-0.15, -0.1) is 0 Å². The van der Waals surface area contributed by atoms with Gasteiger partial charge in [-0.2, -0.15) is 11.8 Å². The maximum absolute atomic E-state index is 4.98. The van der Waals surface area contributed by atoms with Gasteiger partial charge in [0.1, 0.15) is 0 Å². The first-order valence-electron chi connectivity index (χ1n) is 5.13. The SMILES string of the molecule is C=C(CNC(C)C)CSCCCOC. The van der Waals surface area contributed by atoms with Crippen LogP contribution in [0.5, 0.6) is 0 Å². The van der Waals surface area contributed by atoms with E-state index in [1.54, 1.807) is 7.11 Å². The minimum atomic E-state index is 0.547. The van der Waals surface area contributed by atoms with Crippen molar-refractivity contribution >= 4 is 11.8 Å².